The Hall–Kier alpha value is -1.63. The summed E-state index contributed by atoms with van der Waals surface area (Å²) in [7, 11) is -1.87. The van der Waals surface area contributed by atoms with E-state index in [-0.39, 0.29) is 0 Å². The van der Waals surface area contributed by atoms with Crippen molar-refractivity contribution in [1.82, 2.24) is 4.98 Å². The largest absolute Gasteiger partial charge is 0.396 e. The maximum atomic E-state index is 11.6. The van der Waals surface area contributed by atoms with Crippen LogP contribution in [-0.4, -0.2) is 38.4 Å². The molecular formula is C9H13N3O3S. The first kappa shape index (κ1) is 12.4. The van der Waals surface area contributed by atoms with Crippen LogP contribution in [0.2, 0.25) is 0 Å². The molecule has 0 saturated heterocycles. The number of aromatic nitrogens is 1. The third kappa shape index (κ3) is 3.20. The van der Waals surface area contributed by atoms with Crippen LogP contribution >= 0.6 is 0 Å². The van der Waals surface area contributed by atoms with Crippen LogP contribution in [0.3, 0.4) is 0 Å². The van der Waals surface area contributed by atoms with Gasteiger partial charge in [-0.3, -0.25) is 9.78 Å². The van der Waals surface area contributed by atoms with E-state index in [0.29, 0.717) is 11.4 Å². The third-order valence-electron chi connectivity index (χ3n) is 1.95. The lowest BCUT2D eigenvalue weighted by Crippen LogP contribution is -2.32. The fraction of sp³-hybridized carbons (Fsp3) is 0.333. The molecule has 1 aromatic rings. The SMILES string of the molecule is CN(C(=O)CS(C)(=O)=O)c1ccncc1N. The van der Waals surface area contributed by atoms with Crippen molar-refractivity contribution < 1.29 is 13.2 Å². The molecule has 0 bridgehead atoms. The molecule has 1 aromatic heterocycles. The second-order valence-electron chi connectivity index (χ2n) is 3.46. The number of carbonyl (C=O) groups is 1. The van der Waals surface area contributed by atoms with Crippen molar-refractivity contribution in [3.8, 4) is 0 Å². The first-order chi connectivity index (χ1) is 7.31. The first-order valence-electron chi connectivity index (χ1n) is 4.45. The lowest BCUT2D eigenvalue weighted by atomic mass is 10.3. The summed E-state index contributed by atoms with van der Waals surface area (Å²) in [5.74, 6) is -1.06. The zero-order chi connectivity index (χ0) is 12.3. The van der Waals surface area contributed by atoms with Crippen LogP contribution in [0.4, 0.5) is 11.4 Å². The number of anilines is 2. The van der Waals surface area contributed by atoms with Crippen molar-refractivity contribution in [2.45, 2.75) is 0 Å². The van der Waals surface area contributed by atoms with Gasteiger partial charge < -0.3 is 10.6 Å². The summed E-state index contributed by atoms with van der Waals surface area (Å²) in [4.78, 5) is 16.6. The average molecular weight is 243 g/mol. The van der Waals surface area contributed by atoms with Crippen molar-refractivity contribution in [2.24, 2.45) is 0 Å². The highest BCUT2D eigenvalue weighted by Gasteiger charge is 2.17. The number of hydrogen-bond donors (Lipinski definition) is 1. The monoisotopic (exact) mass is 243 g/mol. The predicted molar refractivity (Wildman–Crippen MR) is 61.8 cm³/mol. The number of hydrogen-bond acceptors (Lipinski definition) is 5. The molecule has 6 nitrogen and oxygen atoms in total. The van der Waals surface area contributed by atoms with Crippen LogP contribution in [-0.2, 0) is 14.6 Å². The van der Waals surface area contributed by atoms with E-state index in [1.807, 2.05) is 0 Å². The Morgan fingerprint density at radius 1 is 1.56 bits per heavy atom. The molecule has 2 N–H and O–H groups in total. The summed E-state index contributed by atoms with van der Waals surface area (Å²) in [5, 5.41) is 0. The van der Waals surface area contributed by atoms with Crippen LogP contribution in [0.5, 0.6) is 0 Å². The number of nitrogens with two attached hydrogens (primary N) is 1. The van der Waals surface area contributed by atoms with Gasteiger partial charge in [0.1, 0.15) is 5.75 Å². The van der Waals surface area contributed by atoms with E-state index in [9.17, 15) is 13.2 Å². The zero-order valence-electron chi connectivity index (χ0n) is 9.04. The highest BCUT2D eigenvalue weighted by molar-refractivity contribution is 7.91. The zero-order valence-corrected chi connectivity index (χ0v) is 9.86. The molecule has 0 aromatic carbocycles. The predicted octanol–water partition coefficient (Wildman–Crippen LogP) is -0.329. The number of sulfone groups is 1. The Morgan fingerprint density at radius 2 is 2.19 bits per heavy atom. The van der Waals surface area contributed by atoms with Gasteiger partial charge in [0, 0.05) is 19.5 Å². The van der Waals surface area contributed by atoms with E-state index in [1.165, 1.54) is 24.3 Å². The van der Waals surface area contributed by atoms with E-state index in [0.717, 1.165) is 6.26 Å². The van der Waals surface area contributed by atoms with Crippen molar-refractivity contribution in [1.29, 1.82) is 0 Å². The maximum absolute atomic E-state index is 11.6. The van der Waals surface area contributed by atoms with E-state index < -0.39 is 21.5 Å². The molecule has 16 heavy (non-hydrogen) atoms. The van der Waals surface area contributed by atoms with Gasteiger partial charge in [0.05, 0.1) is 17.6 Å². The molecule has 88 valence electrons. The van der Waals surface area contributed by atoms with Crippen molar-refractivity contribution in [3.63, 3.8) is 0 Å². The van der Waals surface area contributed by atoms with Crippen molar-refractivity contribution >= 4 is 27.1 Å². The summed E-state index contributed by atoms with van der Waals surface area (Å²) in [5.41, 5.74) is 6.39. The molecule has 0 aliphatic carbocycles. The number of nitrogens with zero attached hydrogens (tertiary/aromatic N) is 2. The second kappa shape index (κ2) is 4.48. The lowest BCUT2D eigenvalue weighted by Gasteiger charge is -2.18. The van der Waals surface area contributed by atoms with Crippen molar-refractivity contribution in [2.75, 3.05) is 29.7 Å². The molecule has 0 saturated carbocycles. The molecular weight excluding hydrogens is 230 g/mol. The minimum Gasteiger partial charge on any atom is -0.396 e. The van der Waals surface area contributed by atoms with Gasteiger partial charge in [-0.1, -0.05) is 0 Å². The van der Waals surface area contributed by atoms with Crippen LogP contribution in [0.1, 0.15) is 0 Å². The number of carbonyl (C=O) groups excluding carboxylic acids is 1. The van der Waals surface area contributed by atoms with E-state index in [4.69, 9.17) is 5.73 Å². The first-order valence-corrected chi connectivity index (χ1v) is 6.51. The molecule has 0 unspecified atom stereocenters. The van der Waals surface area contributed by atoms with Gasteiger partial charge in [0.25, 0.3) is 0 Å². The summed E-state index contributed by atoms with van der Waals surface area (Å²) in [6.45, 7) is 0. The fourth-order valence-electron chi connectivity index (χ4n) is 1.16. The summed E-state index contributed by atoms with van der Waals surface area (Å²) in [6, 6.07) is 1.55. The highest BCUT2D eigenvalue weighted by Crippen LogP contribution is 2.19. The Labute approximate surface area is 94.0 Å². The molecule has 0 spiro atoms. The molecule has 0 aliphatic heterocycles. The lowest BCUT2D eigenvalue weighted by molar-refractivity contribution is -0.115. The highest BCUT2D eigenvalue weighted by atomic mass is 32.2. The molecule has 0 aliphatic rings. The standard InChI is InChI=1S/C9H13N3O3S/c1-12(9(13)6-16(2,14)15)8-3-4-11-5-7(8)10/h3-5H,6,10H2,1-2H3. The van der Waals surface area contributed by atoms with Crippen LogP contribution < -0.4 is 10.6 Å². The van der Waals surface area contributed by atoms with Gasteiger partial charge in [-0.2, -0.15) is 0 Å². The van der Waals surface area contributed by atoms with Crippen LogP contribution in [0, 0.1) is 0 Å². The van der Waals surface area contributed by atoms with Crippen LogP contribution in [0.25, 0.3) is 0 Å². The molecule has 1 rings (SSSR count). The molecule has 0 atom stereocenters. The molecule has 1 heterocycles. The van der Waals surface area contributed by atoms with Gasteiger partial charge in [-0.15, -0.1) is 0 Å². The number of pyridine rings is 1. The number of rotatable bonds is 3. The fourth-order valence-corrected chi connectivity index (χ4v) is 1.80. The van der Waals surface area contributed by atoms with E-state index >= 15 is 0 Å². The van der Waals surface area contributed by atoms with Gasteiger partial charge in [0.15, 0.2) is 9.84 Å². The molecule has 7 heteroatoms. The summed E-state index contributed by atoms with van der Waals surface area (Å²) in [6.07, 6.45) is 3.89. The number of amides is 1. The van der Waals surface area contributed by atoms with Gasteiger partial charge in [-0.05, 0) is 6.07 Å². The normalized spacial score (nSPS) is 11.1. The maximum Gasteiger partial charge on any atom is 0.241 e. The Morgan fingerprint density at radius 3 is 2.69 bits per heavy atom. The van der Waals surface area contributed by atoms with Gasteiger partial charge >= 0.3 is 0 Å². The Kier molecular flexibility index (Phi) is 3.48. The quantitative estimate of drug-likeness (QED) is 0.784. The average Bonchev–Trinajstić information content (AvgIpc) is 2.15. The van der Waals surface area contributed by atoms with E-state index in [2.05, 4.69) is 4.98 Å². The number of nitrogen functional groups attached to an aromatic ring is 1. The smallest absolute Gasteiger partial charge is 0.241 e. The van der Waals surface area contributed by atoms with Gasteiger partial charge in [-0.25, -0.2) is 8.42 Å². The minimum absolute atomic E-state index is 0.326. The Balaban J connectivity index is 2.91. The summed E-state index contributed by atoms with van der Waals surface area (Å²) >= 11 is 0. The Bertz CT molecular complexity index is 498. The van der Waals surface area contributed by atoms with Gasteiger partial charge in [0.2, 0.25) is 5.91 Å². The molecule has 0 fully saturated rings. The molecule has 1 amide bonds. The summed E-state index contributed by atoms with van der Waals surface area (Å²) < 4.78 is 21.9. The third-order valence-corrected chi connectivity index (χ3v) is 2.72. The topological polar surface area (TPSA) is 93.4 Å². The second-order valence-corrected chi connectivity index (χ2v) is 5.60. The van der Waals surface area contributed by atoms with Crippen LogP contribution in [0.15, 0.2) is 18.5 Å². The van der Waals surface area contributed by atoms with Crippen molar-refractivity contribution in [3.05, 3.63) is 18.5 Å². The molecule has 0 radical (unpaired) electrons. The van der Waals surface area contributed by atoms with E-state index in [1.54, 1.807) is 6.07 Å². The minimum atomic E-state index is -3.34.